The van der Waals surface area contributed by atoms with Crippen LogP contribution >= 0.6 is 24.0 Å². The maximum atomic E-state index is 13.9. The number of anilines is 1. The molecule has 0 radical (unpaired) electrons. The summed E-state index contributed by atoms with van der Waals surface area (Å²) in [7, 11) is 0. The summed E-state index contributed by atoms with van der Waals surface area (Å²) in [5.41, 5.74) is 2.22. The largest absolute Gasteiger partial charge is 0.270 e. The third kappa shape index (κ3) is 2.69. The Bertz CT molecular complexity index is 801. The maximum absolute atomic E-state index is 13.9. The molecule has 1 fully saturated rings. The molecule has 0 aromatic heterocycles. The van der Waals surface area contributed by atoms with Crippen LogP contribution in [0.15, 0.2) is 53.4 Å². The van der Waals surface area contributed by atoms with E-state index < -0.39 is 5.82 Å². The van der Waals surface area contributed by atoms with Crippen LogP contribution in [-0.4, -0.2) is 10.2 Å². The lowest BCUT2D eigenvalue weighted by Gasteiger charge is -2.14. The van der Waals surface area contributed by atoms with Crippen LogP contribution in [0.3, 0.4) is 0 Å². The van der Waals surface area contributed by atoms with Gasteiger partial charge in [-0.25, -0.2) is 4.39 Å². The van der Waals surface area contributed by atoms with Gasteiger partial charge in [-0.3, -0.25) is 9.69 Å². The summed E-state index contributed by atoms with van der Waals surface area (Å²) >= 11 is 6.44. The van der Waals surface area contributed by atoms with Crippen molar-refractivity contribution in [2.45, 2.75) is 6.92 Å². The molecule has 1 aliphatic heterocycles. The van der Waals surface area contributed by atoms with Gasteiger partial charge in [-0.15, -0.1) is 0 Å². The highest BCUT2D eigenvalue weighted by Crippen LogP contribution is 2.37. The van der Waals surface area contributed by atoms with Crippen molar-refractivity contribution in [1.29, 1.82) is 0 Å². The summed E-state index contributed by atoms with van der Waals surface area (Å²) in [5.74, 6) is -0.751. The first-order valence-corrected chi connectivity index (χ1v) is 7.88. The number of carbonyl (C=O) groups excluding carboxylic acids is 1. The lowest BCUT2D eigenvalue weighted by atomic mass is 10.1. The van der Waals surface area contributed by atoms with Crippen LogP contribution in [0.2, 0.25) is 0 Å². The van der Waals surface area contributed by atoms with Gasteiger partial charge < -0.3 is 0 Å². The Hall–Kier alpha value is -1.98. The van der Waals surface area contributed by atoms with Gasteiger partial charge in [0.05, 0.1) is 10.6 Å². The van der Waals surface area contributed by atoms with E-state index in [4.69, 9.17) is 12.2 Å². The molecule has 2 nitrogen and oxygen atoms in total. The summed E-state index contributed by atoms with van der Waals surface area (Å²) in [5, 5.41) is 0. The van der Waals surface area contributed by atoms with Gasteiger partial charge in [0.15, 0.2) is 4.32 Å². The Morgan fingerprint density at radius 2 is 1.82 bits per heavy atom. The molecule has 3 rings (SSSR count). The van der Waals surface area contributed by atoms with Crippen LogP contribution in [0.5, 0.6) is 0 Å². The maximum Gasteiger partial charge on any atom is 0.270 e. The van der Waals surface area contributed by atoms with Gasteiger partial charge in [0.25, 0.3) is 5.91 Å². The van der Waals surface area contributed by atoms with E-state index in [9.17, 15) is 9.18 Å². The van der Waals surface area contributed by atoms with Crippen LogP contribution in [0.1, 0.15) is 11.1 Å². The lowest BCUT2D eigenvalue weighted by Crippen LogP contribution is -2.28. The van der Waals surface area contributed by atoms with Crippen LogP contribution in [-0.2, 0) is 4.79 Å². The van der Waals surface area contributed by atoms with Crippen molar-refractivity contribution in [3.63, 3.8) is 0 Å². The summed E-state index contributed by atoms with van der Waals surface area (Å²) < 4.78 is 14.3. The van der Waals surface area contributed by atoms with Crippen molar-refractivity contribution in [2.24, 2.45) is 0 Å². The van der Waals surface area contributed by atoms with Gasteiger partial charge in [0.1, 0.15) is 5.82 Å². The van der Waals surface area contributed by atoms with Crippen molar-refractivity contribution in [3.8, 4) is 0 Å². The predicted octanol–water partition coefficient (Wildman–Crippen LogP) is 4.54. The third-order valence-electron chi connectivity index (χ3n) is 3.36. The average molecular weight is 329 g/mol. The van der Waals surface area contributed by atoms with Gasteiger partial charge in [0.2, 0.25) is 0 Å². The van der Waals surface area contributed by atoms with E-state index in [0.717, 1.165) is 11.1 Å². The van der Waals surface area contributed by atoms with E-state index in [-0.39, 0.29) is 11.6 Å². The topological polar surface area (TPSA) is 20.3 Å². The standard InChI is InChI=1S/C17H12FNOS2/c1-11-6-2-3-7-12(11)10-15-16(20)19(17(21)22-15)14-9-5-4-8-13(14)18/h2-10H,1H3/b15-10+. The molecule has 1 saturated heterocycles. The summed E-state index contributed by atoms with van der Waals surface area (Å²) in [6.07, 6.45) is 1.80. The summed E-state index contributed by atoms with van der Waals surface area (Å²) in [4.78, 5) is 14.3. The van der Waals surface area contributed by atoms with Crippen LogP contribution < -0.4 is 4.90 Å². The molecule has 0 saturated carbocycles. The molecule has 0 unspecified atom stereocenters. The second kappa shape index (κ2) is 6.02. The zero-order valence-corrected chi connectivity index (χ0v) is 13.4. The molecular formula is C17H12FNOS2. The van der Waals surface area contributed by atoms with E-state index in [2.05, 4.69) is 0 Å². The highest BCUT2D eigenvalue weighted by molar-refractivity contribution is 8.27. The Balaban J connectivity index is 1.99. The molecule has 2 aromatic rings. The van der Waals surface area contributed by atoms with E-state index >= 15 is 0 Å². The van der Waals surface area contributed by atoms with Crippen molar-refractivity contribution >= 4 is 46.0 Å². The number of thiocarbonyl (C=S) groups is 1. The van der Waals surface area contributed by atoms with Gasteiger partial charge in [-0.05, 0) is 36.3 Å². The molecule has 0 N–H and O–H groups in total. The Morgan fingerprint density at radius 3 is 2.55 bits per heavy atom. The Kier molecular flexibility index (Phi) is 4.09. The molecule has 1 amide bonds. The van der Waals surface area contributed by atoms with Gasteiger partial charge >= 0.3 is 0 Å². The monoisotopic (exact) mass is 329 g/mol. The molecule has 1 aliphatic rings. The second-order valence-electron chi connectivity index (χ2n) is 4.83. The molecule has 1 heterocycles. The number of aryl methyl sites for hydroxylation is 1. The molecule has 22 heavy (non-hydrogen) atoms. The van der Waals surface area contributed by atoms with Crippen molar-refractivity contribution in [2.75, 3.05) is 4.90 Å². The number of nitrogens with zero attached hydrogens (tertiary/aromatic N) is 1. The average Bonchev–Trinajstić information content (AvgIpc) is 2.77. The molecule has 0 aliphatic carbocycles. The fourth-order valence-corrected chi connectivity index (χ4v) is 3.47. The molecule has 0 atom stereocenters. The fraction of sp³-hybridized carbons (Fsp3) is 0.0588. The van der Waals surface area contributed by atoms with E-state index in [1.54, 1.807) is 24.3 Å². The van der Waals surface area contributed by atoms with E-state index in [1.807, 2.05) is 31.2 Å². The first kappa shape index (κ1) is 14.9. The number of para-hydroxylation sites is 1. The highest BCUT2D eigenvalue weighted by Gasteiger charge is 2.34. The molecule has 2 aromatic carbocycles. The minimum atomic E-state index is -0.462. The molecular weight excluding hydrogens is 317 g/mol. The zero-order chi connectivity index (χ0) is 15.7. The Labute approximate surface area is 137 Å². The van der Waals surface area contributed by atoms with Crippen molar-refractivity contribution < 1.29 is 9.18 Å². The minimum absolute atomic E-state index is 0.193. The van der Waals surface area contributed by atoms with E-state index in [1.165, 1.54) is 22.7 Å². The first-order chi connectivity index (χ1) is 10.6. The number of halogens is 1. The molecule has 5 heteroatoms. The molecule has 0 spiro atoms. The number of carbonyl (C=O) groups is 1. The molecule has 0 bridgehead atoms. The van der Waals surface area contributed by atoms with Crippen LogP contribution in [0, 0.1) is 12.7 Å². The zero-order valence-electron chi connectivity index (χ0n) is 11.7. The normalized spacial score (nSPS) is 16.6. The van der Waals surface area contributed by atoms with Crippen LogP contribution in [0.4, 0.5) is 10.1 Å². The smallest absolute Gasteiger partial charge is 0.268 e. The number of hydrogen-bond donors (Lipinski definition) is 0. The first-order valence-electron chi connectivity index (χ1n) is 6.66. The predicted molar refractivity (Wildman–Crippen MR) is 93.2 cm³/mol. The SMILES string of the molecule is Cc1ccccc1/C=C1/SC(=S)N(c2ccccc2F)C1=O. The van der Waals surface area contributed by atoms with Crippen molar-refractivity contribution in [1.82, 2.24) is 0 Å². The highest BCUT2D eigenvalue weighted by atomic mass is 32.2. The van der Waals surface area contributed by atoms with Gasteiger partial charge in [-0.1, -0.05) is 60.4 Å². The third-order valence-corrected chi connectivity index (χ3v) is 4.66. The number of thioether (sulfide) groups is 1. The number of hydrogen-bond acceptors (Lipinski definition) is 3. The minimum Gasteiger partial charge on any atom is -0.268 e. The summed E-state index contributed by atoms with van der Waals surface area (Å²) in [6, 6.07) is 13.9. The summed E-state index contributed by atoms with van der Waals surface area (Å²) in [6.45, 7) is 1.98. The second-order valence-corrected chi connectivity index (χ2v) is 6.50. The van der Waals surface area contributed by atoms with Crippen molar-refractivity contribution in [3.05, 3.63) is 70.4 Å². The quantitative estimate of drug-likeness (QED) is 0.596. The number of amides is 1. The number of benzene rings is 2. The van der Waals surface area contributed by atoms with Gasteiger partial charge in [0, 0.05) is 0 Å². The fourth-order valence-electron chi connectivity index (χ4n) is 2.20. The van der Waals surface area contributed by atoms with Gasteiger partial charge in [-0.2, -0.15) is 0 Å². The Morgan fingerprint density at radius 1 is 1.14 bits per heavy atom. The number of rotatable bonds is 2. The van der Waals surface area contributed by atoms with E-state index in [0.29, 0.717) is 9.23 Å². The van der Waals surface area contributed by atoms with Crippen LogP contribution in [0.25, 0.3) is 6.08 Å². The molecule has 110 valence electrons. The lowest BCUT2D eigenvalue weighted by molar-refractivity contribution is -0.113.